The minimum absolute atomic E-state index is 0.0252. The van der Waals surface area contributed by atoms with E-state index in [4.69, 9.17) is 22.1 Å². The maximum Gasteiger partial charge on any atom is 0.260 e. The molecule has 2 amide bonds. The van der Waals surface area contributed by atoms with E-state index in [9.17, 15) is 9.59 Å². The van der Waals surface area contributed by atoms with Crippen molar-refractivity contribution in [2.75, 3.05) is 50.0 Å². The number of nitrogens with two attached hydrogens (primary N) is 1. The van der Waals surface area contributed by atoms with Gasteiger partial charge in [-0.3, -0.25) is 24.1 Å². The van der Waals surface area contributed by atoms with Gasteiger partial charge in [-0.05, 0) is 25.5 Å². The van der Waals surface area contributed by atoms with Crippen molar-refractivity contribution in [2.45, 2.75) is 20.4 Å². The fourth-order valence-electron chi connectivity index (χ4n) is 4.65. The Bertz CT molecular complexity index is 1420. The van der Waals surface area contributed by atoms with Crippen LogP contribution >= 0.6 is 11.6 Å². The van der Waals surface area contributed by atoms with Crippen molar-refractivity contribution < 1.29 is 14.3 Å². The molecule has 2 aliphatic heterocycles. The van der Waals surface area contributed by atoms with Crippen LogP contribution in [0.5, 0.6) is 0 Å². The van der Waals surface area contributed by atoms with E-state index in [1.807, 2.05) is 20.9 Å². The molecule has 200 valence electrons. The fourth-order valence-corrected chi connectivity index (χ4v) is 4.93. The number of carbonyl (C=O) groups is 2. The Hall–Kier alpha value is -3.74. The lowest BCUT2D eigenvalue weighted by atomic mass is 10.1. The number of halogens is 1. The molecule has 4 N–H and O–H groups in total. The summed E-state index contributed by atoms with van der Waals surface area (Å²) in [6.07, 6.45) is 5.04. The third kappa shape index (κ3) is 4.89. The Labute approximate surface area is 224 Å². The summed E-state index contributed by atoms with van der Waals surface area (Å²) >= 11 is 6.47. The molecule has 3 aromatic rings. The Balaban J connectivity index is 1.39. The molecule has 0 atom stereocenters. The van der Waals surface area contributed by atoms with E-state index in [1.165, 1.54) is 4.90 Å². The Morgan fingerprint density at radius 3 is 2.76 bits per heavy atom. The van der Waals surface area contributed by atoms with E-state index in [0.717, 1.165) is 30.9 Å². The molecule has 3 aromatic heterocycles. The van der Waals surface area contributed by atoms with Crippen molar-refractivity contribution in [3.63, 3.8) is 0 Å². The second-order valence-electron chi connectivity index (χ2n) is 9.35. The molecule has 12 nitrogen and oxygen atoms in total. The van der Waals surface area contributed by atoms with Crippen LogP contribution in [0.15, 0.2) is 12.4 Å². The van der Waals surface area contributed by atoms with Crippen LogP contribution in [0.2, 0.25) is 5.15 Å². The number of amides is 2. The lowest BCUT2D eigenvalue weighted by molar-refractivity contribution is -0.113. The zero-order valence-electron chi connectivity index (χ0n) is 21.5. The Morgan fingerprint density at radius 1 is 1.29 bits per heavy atom. The van der Waals surface area contributed by atoms with Crippen molar-refractivity contribution in [3.05, 3.63) is 51.2 Å². The molecule has 1 saturated heterocycles. The summed E-state index contributed by atoms with van der Waals surface area (Å²) in [7, 11) is 1.84. The van der Waals surface area contributed by atoms with Crippen molar-refractivity contribution in [1.82, 2.24) is 34.9 Å². The standard InChI is InChI=1S/C25H30ClN9O3/c1-14-18(23(36)28-4-5-34-6-8-38-9-7-34)12-29-19(14)10-17-20-21(26)31-25(27)32-22(20)35(24(17)37)13-16-11-30-33(3)15(16)2/h10-12,29H,4-9,13H2,1-3H3,(H,28,36)(H2,27,31,32)/b17-10-. The summed E-state index contributed by atoms with van der Waals surface area (Å²) in [5.41, 5.74) is 10.2. The minimum Gasteiger partial charge on any atom is -0.379 e. The summed E-state index contributed by atoms with van der Waals surface area (Å²) in [4.78, 5) is 41.8. The number of nitrogens with one attached hydrogen (secondary N) is 2. The quantitative estimate of drug-likeness (QED) is 0.302. The van der Waals surface area contributed by atoms with Gasteiger partial charge in [0.05, 0.1) is 42.7 Å². The van der Waals surface area contributed by atoms with E-state index >= 15 is 0 Å². The molecule has 0 unspecified atom stereocenters. The number of aromatic amines is 1. The summed E-state index contributed by atoms with van der Waals surface area (Å²) < 4.78 is 7.10. The highest BCUT2D eigenvalue weighted by Crippen LogP contribution is 2.41. The van der Waals surface area contributed by atoms with Gasteiger partial charge in [0.25, 0.3) is 11.8 Å². The van der Waals surface area contributed by atoms with Crippen molar-refractivity contribution >= 4 is 46.8 Å². The highest BCUT2D eigenvalue weighted by molar-refractivity contribution is 6.41. The highest BCUT2D eigenvalue weighted by atomic mass is 35.5. The predicted octanol–water partition coefficient (Wildman–Crippen LogP) is 1.54. The number of fused-ring (bicyclic) bond motifs is 1. The first-order chi connectivity index (χ1) is 18.2. The molecule has 1 fully saturated rings. The van der Waals surface area contributed by atoms with Gasteiger partial charge in [-0.15, -0.1) is 0 Å². The summed E-state index contributed by atoms with van der Waals surface area (Å²) in [5, 5.41) is 7.33. The van der Waals surface area contributed by atoms with Gasteiger partial charge in [-0.25, -0.2) is 4.98 Å². The predicted molar refractivity (Wildman–Crippen MR) is 144 cm³/mol. The smallest absolute Gasteiger partial charge is 0.260 e. The number of anilines is 2. The SMILES string of the molecule is Cc1c(C(=O)NCCN2CCOCC2)c[nH]c1/C=C1\C(=O)N(Cc2cnn(C)c2C)c2nc(N)nc(Cl)c21. The molecule has 5 rings (SSSR count). The second-order valence-corrected chi connectivity index (χ2v) is 9.71. The number of carbonyl (C=O) groups excluding carboxylic acids is 2. The fraction of sp³-hybridized carbons (Fsp3) is 0.400. The summed E-state index contributed by atoms with van der Waals surface area (Å²) in [6.45, 7) is 8.45. The van der Waals surface area contributed by atoms with E-state index in [2.05, 4.69) is 30.3 Å². The number of rotatable bonds is 7. The Kier molecular flexibility index (Phi) is 7.19. The number of aromatic nitrogens is 5. The Morgan fingerprint density at radius 2 is 2.05 bits per heavy atom. The minimum atomic E-state index is -0.296. The molecular weight excluding hydrogens is 510 g/mol. The van der Waals surface area contributed by atoms with Gasteiger partial charge >= 0.3 is 0 Å². The topological polar surface area (TPSA) is 147 Å². The number of morpholine rings is 1. The number of nitrogen functional groups attached to an aromatic ring is 1. The molecule has 0 aliphatic carbocycles. The third-order valence-electron chi connectivity index (χ3n) is 7.06. The van der Waals surface area contributed by atoms with E-state index in [1.54, 1.807) is 23.2 Å². The van der Waals surface area contributed by atoms with E-state index in [0.29, 0.717) is 53.5 Å². The number of H-pyrrole nitrogens is 1. The normalized spacial score (nSPS) is 16.9. The largest absolute Gasteiger partial charge is 0.379 e. The van der Waals surface area contributed by atoms with Crippen LogP contribution in [-0.4, -0.2) is 80.8 Å². The zero-order valence-corrected chi connectivity index (χ0v) is 22.3. The van der Waals surface area contributed by atoms with Gasteiger partial charge in [-0.2, -0.15) is 10.1 Å². The molecule has 5 heterocycles. The first kappa shape index (κ1) is 25.9. The average molecular weight is 540 g/mol. The van der Waals surface area contributed by atoms with Crippen molar-refractivity contribution in [2.24, 2.45) is 7.05 Å². The van der Waals surface area contributed by atoms with E-state index in [-0.39, 0.29) is 29.5 Å². The van der Waals surface area contributed by atoms with E-state index < -0.39 is 0 Å². The molecule has 38 heavy (non-hydrogen) atoms. The molecule has 0 saturated carbocycles. The monoisotopic (exact) mass is 539 g/mol. The first-order valence-electron chi connectivity index (χ1n) is 12.3. The van der Waals surface area contributed by atoms with Gasteiger partial charge in [0.15, 0.2) is 5.82 Å². The molecular formula is C25H30ClN9O3. The number of hydrogen-bond donors (Lipinski definition) is 3. The highest BCUT2D eigenvalue weighted by Gasteiger charge is 2.37. The third-order valence-corrected chi connectivity index (χ3v) is 7.33. The summed E-state index contributed by atoms with van der Waals surface area (Å²) in [5.74, 6) is -0.164. The van der Waals surface area contributed by atoms with Crippen LogP contribution in [0.25, 0.3) is 11.6 Å². The number of aryl methyl sites for hydroxylation is 1. The molecule has 0 aromatic carbocycles. The van der Waals surface area contributed by atoms with Gasteiger partial charge in [0.1, 0.15) is 5.15 Å². The molecule has 13 heteroatoms. The summed E-state index contributed by atoms with van der Waals surface area (Å²) in [6, 6.07) is 0. The zero-order chi connectivity index (χ0) is 27.0. The van der Waals surface area contributed by atoms with Gasteiger partial charge < -0.3 is 20.8 Å². The van der Waals surface area contributed by atoms with Crippen LogP contribution in [0.4, 0.5) is 11.8 Å². The number of hydrogen-bond acceptors (Lipinski definition) is 8. The van der Waals surface area contributed by atoms with Crippen LogP contribution in [0.1, 0.15) is 38.4 Å². The van der Waals surface area contributed by atoms with Crippen LogP contribution in [0.3, 0.4) is 0 Å². The van der Waals surface area contributed by atoms with Crippen molar-refractivity contribution in [3.8, 4) is 0 Å². The van der Waals surface area contributed by atoms with Crippen molar-refractivity contribution in [1.29, 1.82) is 0 Å². The molecule has 2 aliphatic rings. The maximum absolute atomic E-state index is 13.7. The molecule has 0 bridgehead atoms. The lowest BCUT2D eigenvalue weighted by Crippen LogP contribution is -2.41. The first-order valence-corrected chi connectivity index (χ1v) is 12.7. The second kappa shape index (κ2) is 10.6. The number of ether oxygens (including phenoxy) is 1. The lowest BCUT2D eigenvalue weighted by Gasteiger charge is -2.26. The molecule has 0 radical (unpaired) electrons. The van der Waals surface area contributed by atoms with Crippen LogP contribution in [0, 0.1) is 13.8 Å². The van der Waals surface area contributed by atoms with Crippen LogP contribution < -0.4 is 16.0 Å². The average Bonchev–Trinajstić information content (AvgIpc) is 3.50. The van der Waals surface area contributed by atoms with Gasteiger partial charge in [0.2, 0.25) is 5.95 Å². The van der Waals surface area contributed by atoms with Gasteiger partial charge in [-0.1, -0.05) is 11.6 Å². The maximum atomic E-state index is 13.7. The van der Waals surface area contributed by atoms with Gasteiger partial charge in [0, 0.05) is 56.4 Å². The number of nitrogens with zero attached hydrogens (tertiary/aromatic N) is 6. The molecule has 0 spiro atoms. The van der Waals surface area contributed by atoms with Crippen LogP contribution in [-0.2, 0) is 23.1 Å².